The zero-order valence-electron chi connectivity index (χ0n) is 13.0. The molecule has 1 heterocycles. The molecule has 1 aromatic heterocycles. The number of rotatable bonds is 6. The second-order valence-corrected chi connectivity index (χ2v) is 5.41. The smallest absolute Gasteiger partial charge is 0.144 e. The van der Waals surface area contributed by atoms with E-state index in [1.54, 1.807) is 7.11 Å². The van der Waals surface area contributed by atoms with E-state index in [9.17, 15) is 0 Å². The molecule has 0 saturated heterocycles. The number of benzene rings is 2. The fraction of sp³-hybridized carbons (Fsp3) is 0.278. The Morgan fingerprint density at radius 2 is 2.00 bits per heavy atom. The van der Waals surface area contributed by atoms with Crippen LogP contribution in [0.2, 0.25) is 0 Å². The molecule has 1 atom stereocenters. The molecule has 0 radical (unpaired) electrons. The van der Waals surface area contributed by atoms with Crippen LogP contribution in [0.3, 0.4) is 0 Å². The molecular weight excluding hydrogens is 274 g/mol. The summed E-state index contributed by atoms with van der Waals surface area (Å²) in [4.78, 5) is 0. The molecule has 0 aliphatic carbocycles. The van der Waals surface area contributed by atoms with Crippen LogP contribution in [0, 0.1) is 0 Å². The number of aromatic amines is 1. The van der Waals surface area contributed by atoms with Gasteiger partial charge in [-0.05, 0) is 43.3 Å². The summed E-state index contributed by atoms with van der Waals surface area (Å²) in [5.41, 5.74) is 3.53. The molecule has 0 saturated carbocycles. The molecule has 2 aromatic carbocycles. The van der Waals surface area contributed by atoms with Gasteiger partial charge in [0.25, 0.3) is 0 Å². The maximum absolute atomic E-state index is 5.53. The van der Waals surface area contributed by atoms with Gasteiger partial charge in [0.15, 0.2) is 0 Å². The highest BCUT2D eigenvalue weighted by atomic mass is 16.5. The Morgan fingerprint density at radius 3 is 2.73 bits per heavy atom. The van der Waals surface area contributed by atoms with Crippen molar-refractivity contribution in [2.24, 2.45) is 0 Å². The molecule has 1 unspecified atom stereocenters. The topological polar surface area (TPSA) is 49.9 Å². The Kier molecular flexibility index (Phi) is 4.39. The number of fused-ring (bicyclic) bond motifs is 1. The van der Waals surface area contributed by atoms with E-state index in [1.165, 1.54) is 11.1 Å². The maximum atomic E-state index is 5.53. The van der Waals surface area contributed by atoms with Gasteiger partial charge in [0, 0.05) is 11.3 Å². The Balaban J connectivity index is 2.07. The van der Waals surface area contributed by atoms with Crippen molar-refractivity contribution in [3.63, 3.8) is 0 Å². The molecule has 0 aliphatic rings. The lowest BCUT2D eigenvalue weighted by molar-refractivity contribution is 0.418. The van der Waals surface area contributed by atoms with E-state index in [2.05, 4.69) is 58.0 Å². The Bertz CT molecular complexity index is 736. The second-order valence-electron chi connectivity index (χ2n) is 5.41. The van der Waals surface area contributed by atoms with Gasteiger partial charge in [-0.2, -0.15) is 5.10 Å². The van der Waals surface area contributed by atoms with E-state index in [-0.39, 0.29) is 0 Å². The van der Waals surface area contributed by atoms with E-state index < -0.39 is 0 Å². The van der Waals surface area contributed by atoms with Crippen molar-refractivity contribution in [2.45, 2.75) is 12.3 Å². The third-order valence-corrected chi connectivity index (χ3v) is 4.04. The summed E-state index contributed by atoms with van der Waals surface area (Å²) in [6.45, 7) is 0.964. The van der Waals surface area contributed by atoms with Crippen LogP contribution in [0.4, 0.5) is 0 Å². The summed E-state index contributed by atoms with van der Waals surface area (Å²) < 4.78 is 5.53. The monoisotopic (exact) mass is 295 g/mol. The van der Waals surface area contributed by atoms with Crippen molar-refractivity contribution in [3.8, 4) is 5.75 Å². The number of methoxy groups -OCH3 is 1. The molecule has 0 fully saturated rings. The van der Waals surface area contributed by atoms with Crippen LogP contribution >= 0.6 is 0 Å². The second kappa shape index (κ2) is 6.62. The van der Waals surface area contributed by atoms with Crippen LogP contribution in [-0.4, -0.2) is 30.9 Å². The van der Waals surface area contributed by atoms with Crippen molar-refractivity contribution in [1.82, 2.24) is 15.5 Å². The van der Waals surface area contributed by atoms with Crippen molar-refractivity contribution in [3.05, 3.63) is 59.8 Å². The van der Waals surface area contributed by atoms with Gasteiger partial charge in [0.1, 0.15) is 11.3 Å². The fourth-order valence-electron chi connectivity index (χ4n) is 2.91. The summed E-state index contributed by atoms with van der Waals surface area (Å²) in [6.07, 6.45) is 2.88. The first-order valence-electron chi connectivity index (χ1n) is 7.54. The molecule has 0 bridgehead atoms. The molecule has 22 heavy (non-hydrogen) atoms. The van der Waals surface area contributed by atoms with Gasteiger partial charge in [-0.1, -0.05) is 30.3 Å². The first-order chi connectivity index (χ1) is 10.8. The third-order valence-electron chi connectivity index (χ3n) is 4.04. The zero-order valence-corrected chi connectivity index (χ0v) is 13.0. The third kappa shape index (κ3) is 2.83. The van der Waals surface area contributed by atoms with Crippen molar-refractivity contribution in [2.75, 3.05) is 20.7 Å². The number of hydrogen-bond acceptors (Lipinski definition) is 3. The van der Waals surface area contributed by atoms with Crippen molar-refractivity contribution in [1.29, 1.82) is 0 Å². The van der Waals surface area contributed by atoms with Gasteiger partial charge in [-0.3, -0.25) is 5.10 Å². The number of nitrogens with zero attached hydrogens (tertiary/aromatic N) is 1. The highest BCUT2D eigenvalue weighted by molar-refractivity contribution is 5.85. The molecule has 4 nitrogen and oxygen atoms in total. The zero-order chi connectivity index (χ0) is 15.4. The molecule has 2 N–H and O–H groups in total. The molecule has 3 aromatic rings. The van der Waals surface area contributed by atoms with Crippen LogP contribution < -0.4 is 10.1 Å². The minimum atomic E-state index is 0.335. The molecule has 3 rings (SSSR count). The summed E-state index contributed by atoms with van der Waals surface area (Å²) in [5, 5.41) is 11.5. The predicted octanol–water partition coefficient (Wildman–Crippen LogP) is 3.31. The van der Waals surface area contributed by atoms with E-state index in [1.807, 2.05) is 13.2 Å². The lowest BCUT2D eigenvalue weighted by Crippen LogP contribution is -2.13. The average molecular weight is 295 g/mol. The van der Waals surface area contributed by atoms with Crippen molar-refractivity contribution < 1.29 is 4.74 Å². The largest absolute Gasteiger partial charge is 0.494 e. The SMILES string of the molecule is CNCCC(c1ccccc1)c1cc(OC)c2[nH]ncc2c1. The quantitative estimate of drug-likeness (QED) is 0.733. The fourth-order valence-corrected chi connectivity index (χ4v) is 2.91. The number of hydrogen-bond donors (Lipinski definition) is 2. The van der Waals surface area contributed by atoms with Crippen LogP contribution in [-0.2, 0) is 0 Å². The summed E-state index contributed by atoms with van der Waals surface area (Å²) in [6, 6.07) is 14.9. The molecule has 114 valence electrons. The van der Waals surface area contributed by atoms with E-state index in [0.717, 1.165) is 29.6 Å². The number of ether oxygens (including phenoxy) is 1. The normalized spacial score (nSPS) is 12.5. The lowest BCUT2D eigenvalue weighted by Gasteiger charge is -2.19. The highest BCUT2D eigenvalue weighted by Crippen LogP contribution is 2.34. The van der Waals surface area contributed by atoms with E-state index in [0.29, 0.717) is 5.92 Å². The summed E-state index contributed by atoms with van der Waals surface area (Å²) in [7, 11) is 3.69. The van der Waals surface area contributed by atoms with Crippen LogP contribution in [0.15, 0.2) is 48.7 Å². The first kappa shape index (κ1) is 14.6. The molecule has 0 amide bonds. The standard InChI is InChI=1S/C18H21N3O/c1-19-9-8-16(13-6-4-3-5-7-13)14-10-15-12-20-21-18(15)17(11-14)22-2/h3-7,10-12,16,19H,8-9H2,1-2H3,(H,20,21). The number of aromatic nitrogens is 2. The molecule has 0 spiro atoms. The summed E-state index contributed by atoms with van der Waals surface area (Å²) in [5.74, 6) is 1.18. The van der Waals surface area contributed by atoms with Crippen molar-refractivity contribution >= 4 is 10.9 Å². The van der Waals surface area contributed by atoms with Gasteiger partial charge in [0.2, 0.25) is 0 Å². The van der Waals surface area contributed by atoms with Gasteiger partial charge in [-0.15, -0.1) is 0 Å². The Labute approximate surface area is 130 Å². The van der Waals surface area contributed by atoms with Gasteiger partial charge in [-0.25, -0.2) is 0 Å². The average Bonchev–Trinajstić information content (AvgIpc) is 3.04. The van der Waals surface area contributed by atoms with Gasteiger partial charge >= 0.3 is 0 Å². The van der Waals surface area contributed by atoms with E-state index >= 15 is 0 Å². The molecule has 0 aliphatic heterocycles. The molecule has 4 heteroatoms. The first-order valence-corrected chi connectivity index (χ1v) is 7.54. The van der Waals surface area contributed by atoms with Gasteiger partial charge < -0.3 is 10.1 Å². The number of H-pyrrole nitrogens is 1. The Hall–Kier alpha value is -2.33. The predicted molar refractivity (Wildman–Crippen MR) is 89.5 cm³/mol. The van der Waals surface area contributed by atoms with Crippen LogP contribution in [0.5, 0.6) is 5.75 Å². The minimum Gasteiger partial charge on any atom is -0.494 e. The van der Waals surface area contributed by atoms with Crippen LogP contribution in [0.1, 0.15) is 23.5 Å². The van der Waals surface area contributed by atoms with E-state index in [4.69, 9.17) is 4.74 Å². The summed E-state index contributed by atoms with van der Waals surface area (Å²) >= 11 is 0. The van der Waals surface area contributed by atoms with Crippen LogP contribution in [0.25, 0.3) is 10.9 Å². The lowest BCUT2D eigenvalue weighted by atomic mass is 9.88. The number of nitrogens with one attached hydrogen (secondary N) is 2. The van der Waals surface area contributed by atoms with Gasteiger partial charge in [0.05, 0.1) is 13.3 Å². The highest BCUT2D eigenvalue weighted by Gasteiger charge is 2.16. The Morgan fingerprint density at radius 1 is 1.18 bits per heavy atom. The molecular formula is C18H21N3O. The minimum absolute atomic E-state index is 0.335. The maximum Gasteiger partial charge on any atom is 0.144 e.